The minimum atomic E-state index is -0.634. The molecule has 0 bridgehead atoms. The number of aromatic nitrogens is 2. The molecule has 11 heavy (non-hydrogen) atoms. The van der Waals surface area contributed by atoms with Gasteiger partial charge in [-0.15, -0.1) is 0 Å². The molecule has 0 amide bonds. The molecule has 0 saturated carbocycles. The van der Waals surface area contributed by atoms with Crippen molar-refractivity contribution >= 4 is 0 Å². The largest absolute Gasteiger partial charge is 0.384 e. The molecule has 0 fully saturated rings. The lowest BCUT2D eigenvalue weighted by molar-refractivity contribution is 0.172. The van der Waals surface area contributed by atoms with Crippen molar-refractivity contribution in [2.24, 2.45) is 5.73 Å². The van der Waals surface area contributed by atoms with Crippen LogP contribution in [0.4, 0.5) is 0 Å². The second-order valence-corrected chi connectivity index (χ2v) is 2.32. The summed E-state index contributed by atoms with van der Waals surface area (Å²) in [5.41, 5.74) is 5.28. The first-order valence-electron chi connectivity index (χ1n) is 3.68. The van der Waals surface area contributed by atoms with Gasteiger partial charge in [-0.3, -0.25) is 0 Å². The molecule has 62 valence electrons. The number of nitrogens with two attached hydrogens (primary N) is 1. The van der Waals surface area contributed by atoms with Gasteiger partial charge in [0.05, 0.1) is 0 Å². The number of nitrogens with zero attached hydrogens (tertiary/aromatic N) is 2. The maximum atomic E-state index is 9.32. The van der Waals surface area contributed by atoms with E-state index in [2.05, 4.69) is 4.98 Å². The van der Waals surface area contributed by atoms with E-state index in [1.165, 1.54) is 0 Å². The molecule has 0 aliphatic heterocycles. The molecule has 1 rings (SSSR count). The van der Waals surface area contributed by atoms with Crippen LogP contribution in [0.1, 0.15) is 18.9 Å². The first-order valence-corrected chi connectivity index (χ1v) is 3.68. The number of rotatable bonds is 3. The van der Waals surface area contributed by atoms with E-state index < -0.39 is 6.10 Å². The van der Waals surface area contributed by atoms with Crippen LogP contribution in [-0.4, -0.2) is 21.2 Å². The molecule has 1 heterocycles. The van der Waals surface area contributed by atoms with Crippen molar-refractivity contribution in [1.29, 1.82) is 0 Å². The van der Waals surface area contributed by atoms with Crippen molar-refractivity contribution in [3.63, 3.8) is 0 Å². The molecule has 1 aromatic rings. The molecule has 4 nitrogen and oxygen atoms in total. The van der Waals surface area contributed by atoms with Crippen molar-refractivity contribution < 1.29 is 5.11 Å². The van der Waals surface area contributed by atoms with Crippen LogP contribution in [0.5, 0.6) is 0 Å². The number of aliphatic hydroxyl groups excluding tert-OH is 1. The van der Waals surface area contributed by atoms with Crippen LogP contribution in [0.3, 0.4) is 0 Å². The van der Waals surface area contributed by atoms with Gasteiger partial charge in [-0.25, -0.2) is 4.98 Å². The average molecular weight is 155 g/mol. The van der Waals surface area contributed by atoms with Gasteiger partial charge in [0.15, 0.2) is 0 Å². The van der Waals surface area contributed by atoms with Gasteiger partial charge in [0.2, 0.25) is 0 Å². The highest BCUT2D eigenvalue weighted by Crippen LogP contribution is 2.07. The van der Waals surface area contributed by atoms with Crippen LogP contribution in [0.25, 0.3) is 0 Å². The monoisotopic (exact) mass is 155 g/mol. The van der Waals surface area contributed by atoms with Crippen LogP contribution in [-0.2, 0) is 6.54 Å². The molecule has 4 heteroatoms. The maximum Gasteiger partial charge on any atom is 0.138 e. The molecule has 0 spiro atoms. The lowest BCUT2D eigenvalue weighted by atomic mass is 10.3. The van der Waals surface area contributed by atoms with E-state index in [0.717, 1.165) is 6.54 Å². The van der Waals surface area contributed by atoms with Crippen LogP contribution < -0.4 is 5.73 Å². The van der Waals surface area contributed by atoms with Crippen LogP contribution >= 0.6 is 0 Å². The molecule has 0 unspecified atom stereocenters. The zero-order chi connectivity index (χ0) is 8.27. The number of aryl methyl sites for hydroxylation is 1. The molecule has 0 aliphatic carbocycles. The summed E-state index contributed by atoms with van der Waals surface area (Å²) in [7, 11) is 0. The smallest absolute Gasteiger partial charge is 0.138 e. The highest BCUT2D eigenvalue weighted by molar-refractivity contribution is 4.96. The fraction of sp³-hybridized carbons (Fsp3) is 0.571. The van der Waals surface area contributed by atoms with Gasteiger partial charge in [-0.2, -0.15) is 0 Å². The normalized spacial score (nSPS) is 13.4. The standard InChI is InChI=1S/C7H13N3O/c1-2-10-4-3-9-7(10)6(11)5-8/h3-4,6,11H,2,5,8H2,1H3/t6-/m0/s1. The molecule has 0 aromatic carbocycles. The van der Waals surface area contributed by atoms with Crippen molar-refractivity contribution in [3.05, 3.63) is 18.2 Å². The topological polar surface area (TPSA) is 64.1 Å². The lowest BCUT2D eigenvalue weighted by Crippen LogP contribution is -2.16. The predicted molar refractivity (Wildman–Crippen MR) is 41.9 cm³/mol. The molecule has 1 aromatic heterocycles. The zero-order valence-corrected chi connectivity index (χ0v) is 6.57. The van der Waals surface area contributed by atoms with E-state index in [0.29, 0.717) is 5.82 Å². The molecule has 1 atom stereocenters. The van der Waals surface area contributed by atoms with Gasteiger partial charge < -0.3 is 15.4 Å². The van der Waals surface area contributed by atoms with E-state index in [4.69, 9.17) is 5.73 Å². The Morgan fingerprint density at radius 2 is 2.55 bits per heavy atom. The fourth-order valence-corrected chi connectivity index (χ4v) is 0.991. The molecular formula is C7H13N3O. The van der Waals surface area contributed by atoms with Crippen LogP contribution in [0.15, 0.2) is 12.4 Å². The first kappa shape index (κ1) is 8.23. The Morgan fingerprint density at radius 3 is 3.09 bits per heavy atom. The summed E-state index contributed by atoms with van der Waals surface area (Å²) in [6.07, 6.45) is 2.86. The summed E-state index contributed by atoms with van der Waals surface area (Å²) in [6, 6.07) is 0. The van der Waals surface area contributed by atoms with Crippen molar-refractivity contribution in [2.45, 2.75) is 19.6 Å². The van der Waals surface area contributed by atoms with E-state index >= 15 is 0 Å². The maximum absolute atomic E-state index is 9.32. The molecule has 0 radical (unpaired) electrons. The number of imidazole rings is 1. The molecular weight excluding hydrogens is 142 g/mol. The highest BCUT2D eigenvalue weighted by atomic mass is 16.3. The Kier molecular flexibility index (Phi) is 2.62. The molecule has 0 aliphatic rings. The first-order chi connectivity index (χ1) is 5.29. The third-order valence-corrected chi connectivity index (χ3v) is 1.61. The number of aliphatic hydroxyl groups is 1. The molecule has 0 saturated heterocycles. The van der Waals surface area contributed by atoms with Crippen molar-refractivity contribution in [1.82, 2.24) is 9.55 Å². The van der Waals surface area contributed by atoms with E-state index in [9.17, 15) is 5.11 Å². The average Bonchev–Trinajstić information content (AvgIpc) is 2.50. The Balaban J connectivity index is 2.83. The van der Waals surface area contributed by atoms with E-state index in [1.54, 1.807) is 6.20 Å². The van der Waals surface area contributed by atoms with Gasteiger partial charge in [-0.05, 0) is 6.92 Å². The van der Waals surface area contributed by atoms with Gasteiger partial charge >= 0.3 is 0 Å². The van der Waals surface area contributed by atoms with Crippen molar-refractivity contribution in [3.8, 4) is 0 Å². The number of hydrogen-bond donors (Lipinski definition) is 2. The Morgan fingerprint density at radius 1 is 1.82 bits per heavy atom. The Hall–Kier alpha value is -0.870. The SMILES string of the molecule is CCn1ccnc1[C@@H](O)CN. The summed E-state index contributed by atoms with van der Waals surface area (Å²) in [5, 5.41) is 9.32. The van der Waals surface area contributed by atoms with Gasteiger partial charge in [0.25, 0.3) is 0 Å². The second kappa shape index (κ2) is 3.50. The zero-order valence-electron chi connectivity index (χ0n) is 6.57. The Labute approximate surface area is 65.7 Å². The summed E-state index contributed by atoms with van der Waals surface area (Å²) >= 11 is 0. The Bertz CT molecular complexity index is 221. The predicted octanol–water partition coefficient (Wildman–Crippen LogP) is -0.105. The van der Waals surface area contributed by atoms with Crippen LogP contribution in [0, 0.1) is 0 Å². The van der Waals surface area contributed by atoms with Gasteiger partial charge in [-0.1, -0.05) is 0 Å². The lowest BCUT2D eigenvalue weighted by Gasteiger charge is -2.08. The summed E-state index contributed by atoms with van der Waals surface area (Å²) in [5.74, 6) is 0.648. The van der Waals surface area contributed by atoms with Crippen molar-refractivity contribution in [2.75, 3.05) is 6.54 Å². The van der Waals surface area contributed by atoms with Gasteiger partial charge in [0, 0.05) is 25.5 Å². The quantitative estimate of drug-likeness (QED) is 0.640. The third-order valence-electron chi connectivity index (χ3n) is 1.61. The summed E-state index contributed by atoms with van der Waals surface area (Å²) in [6.45, 7) is 3.03. The van der Waals surface area contributed by atoms with Crippen LogP contribution in [0.2, 0.25) is 0 Å². The van der Waals surface area contributed by atoms with E-state index in [1.807, 2.05) is 17.7 Å². The minimum Gasteiger partial charge on any atom is -0.384 e. The molecule has 3 N–H and O–H groups in total. The fourth-order valence-electron chi connectivity index (χ4n) is 0.991. The summed E-state index contributed by atoms with van der Waals surface area (Å²) in [4.78, 5) is 3.99. The van der Waals surface area contributed by atoms with Gasteiger partial charge in [0.1, 0.15) is 11.9 Å². The second-order valence-electron chi connectivity index (χ2n) is 2.32. The number of hydrogen-bond acceptors (Lipinski definition) is 3. The summed E-state index contributed by atoms with van der Waals surface area (Å²) < 4.78 is 1.87. The third kappa shape index (κ3) is 1.58. The highest BCUT2D eigenvalue weighted by Gasteiger charge is 2.09. The minimum absolute atomic E-state index is 0.219. The van der Waals surface area contributed by atoms with E-state index in [-0.39, 0.29) is 6.54 Å².